The summed E-state index contributed by atoms with van der Waals surface area (Å²) in [5, 5.41) is 6.26. The number of nitrogens with one attached hydrogen (secondary N) is 2. The summed E-state index contributed by atoms with van der Waals surface area (Å²) in [5.41, 5.74) is 2.23. The van der Waals surface area contributed by atoms with Crippen LogP contribution in [-0.2, 0) is 9.53 Å². The standard InChI is InChI=1S/C17H26N2O3/c1-12-5-4-6-13(2)17(12)22-10-14(3)19-16(20)9-15-11-21-8-7-18-15/h4-6,14-15,18H,7-11H2,1-3H3,(H,19,20). The number of ether oxygens (including phenoxy) is 2. The molecule has 0 bridgehead atoms. The third kappa shape index (κ3) is 5.00. The number of hydrogen-bond donors (Lipinski definition) is 2. The van der Waals surface area contributed by atoms with Crippen molar-refractivity contribution in [2.75, 3.05) is 26.4 Å². The van der Waals surface area contributed by atoms with Gasteiger partial charge in [-0.1, -0.05) is 18.2 Å². The summed E-state index contributed by atoms with van der Waals surface area (Å²) < 4.78 is 11.2. The van der Waals surface area contributed by atoms with Crippen LogP contribution in [0.4, 0.5) is 0 Å². The molecule has 1 saturated heterocycles. The Labute approximate surface area is 132 Å². The van der Waals surface area contributed by atoms with Gasteiger partial charge in [0.05, 0.1) is 19.3 Å². The van der Waals surface area contributed by atoms with Crippen molar-refractivity contribution >= 4 is 5.91 Å². The van der Waals surface area contributed by atoms with Crippen molar-refractivity contribution in [3.05, 3.63) is 29.3 Å². The van der Waals surface area contributed by atoms with Crippen LogP contribution in [0.25, 0.3) is 0 Å². The zero-order valence-corrected chi connectivity index (χ0v) is 13.6. The van der Waals surface area contributed by atoms with E-state index >= 15 is 0 Å². The topological polar surface area (TPSA) is 59.6 Å². The lowest BCUT2D eigenvalue weighted by Crippen LogP contribution is -2.46. The van der Waals surface area contributed by atoms with Crippen LogP contribution < -0.4 is 15.4 Å². The van der Waals surface area contributed by atoms with Gasteiger partial charge < -0.3 is 20.1 Å². The number of carbonyl (C=O) groups excluding carboxylic acids is 1. The van der Waals surface area contributed by atoms with Crippen molar-refractivity contribution in [3.8, 4) is 5.75 Å². The highest BCUT2D eigenvalue weighted by molar-refractivity contribution is 5.76. The number of aryl methyl sites for hydroxylation is 2. The average molecular weight is 306 g/mol. The molecule has 2 unspecified atom stereocenters. The van der Waals surface area contributed by atoms with Crippen LogP contribution in [-0.4, -0.2) is 44.4 Å². The predicted molar refractivity (Wildman–Crippen MR) is 86.2 cm³/mol. The van der Waals surface area contributed by atoms with E-state index in [-0.39, 0.29) is 18.0 Å². The average Bonchev–Trinajstić information content (AvgIpc) is 2.47. The Balaban J connectivity index is 1.75. The molecule has 2 N–H and O–H groups in total. The van der Waals surface area contributed by atoms with Gasteiger partial charge in [-0.25, -0.2) is 0 Å². The van der Waals surface area contributed by atoms with E-state index in [4.69, 9.17) is 9.47 Å². The summed E-state index contributed by atoms with van der Waals surface area (Å²) in [4.78, 5) is 12.0. The molecule has 122 valence electrons. The van der Waals surface area contributed by atoms with Crippen LogP contribution in [0.5, 0.6) is 5.75 Å². The Hall–Kier alpha value is -1.59. The van der Waals surface area contributed by atoms with Crippen LogP contribution in [0, 0.1) is 13.8 Å². The van der Waals surface area contributed by atoms with E-state index in [0.717, 1.165) is 30.0 Å². The van der Waals surface area contributed by atoms with Crippen LogP contribution >= 0.6 is 0 Å². The largest absolute Gasteiger partial charge is 0.491 e. The Morgan fingerprint density at radius 1 is 1.45 bits per heavy atom. The third-order valence-corrected chi connectivity index (χ3v) is 3.72. The first kappa shape index (κ1) is 16.8. The highest BCUT2D eigenvalue weighted by Crippen LogP contribution is 2.22. The molecule has 2 rings (SSSR count). The summed E-state index contributed by atoms with van der Waals surface area (Å²) in [6, 6.07) is 6.15. The van der Waals surface area contributed by atoms with E-state index in [1.807, 2.05) is 39.0 Å². The Kier molecular flexibility index (Phi) is 6.21. The molecule has 5 nitrogen and oxygen atoms in total. The summed E-state index contributed by atoms with van der Waals surface area (Å²) >= 11 is 0. The van der Waals surface area contributed by atoms with Gasteiger partial charge in [0.2, 0.25) is 5.91 Å². The maximum Gasteiger partial charge on any atom is 0.221 e. The number of carbonyl (C=O) groups is 1. The van der Waals surface area contributed by atoms with E-state index in [1.54, 1.807) is 0 Å². The second kappa shape index (κ2) is 8.15. The molecule has 1 aliphatic heterocycles. The molecule has 2 atom stereocenters. The number of rotatable bonds is 6. The fourth-order valence-electron chi connectivity index (χ4n) is 2.59. The van der Waals surface area contributed by atoms with Crippen LogP contribution in [0.15, 0.2) is 18.2 Å². The zero-order chi connectivity index (χ0) is 15.9. The summed E-state index contributed by atoms with van der Waals surface area (Å²) in [5.74, 6) is 0.937. The number of hydrogen-bond acceptors (Lipinski definition) is 4. The molecule has 0 aromatic heterocycles. The van der Waals surface area contributed by atoms with Gasteiger partial charge in [-0.2, -0.15) is 0 Å². The van der Waals surface area contributed by atoms with Crippen LogP contribution in [0.3, 0.4) is 0 Å². The molecule has 0 spiro atoms. The van der Waals surface area contributed by atoms with Gasteiger partial charge in [0.1, 0.15) is 12.4 Å². The minimum Gasteiger partial charge on any atom is -0.491 e. The quantitative estimate of drug-likeness (QED) is 0.837. The third-order valence-electron chi connectivity index (χ3n) is 3.72. The summed E-state index contributed by atoms with van der Waals surface area (Å²) in [6.07, 6.45) is 0.438. The van der Waals surface area contributed by atoms with E-state index in [2.05, 4.69) is 10.6 Å². The maximum absolute atomic E-state index is 12.0. The Bertz CT molecular complexity index is 478. The number of para-hydroxylation sites is 1. The first-order chi connectivity index (χ1) is 10.6. The van der Waals surface area contributed by atoms with Gasteiger partial charge >= 0.3 is 0 Å². The fraction of sp³-hybridized carbons (Fsp3) is 0.588. The molecular weight excluding hydrogens is 280 g/mol. The van der Waals surface area contributed by atoms with Crippen molar-refractivity contribution in [2.24, 2.45) is 0 Å². The van der Waals surface area contributed by atoms with E-state index in [0.29, 0.717) is 19.6 Å². The smallest absolute Gasteiger partial charge is 0.221 e. The molecular formula is C17H26N2O3. The van der Waals surface area contributed by atoms with Crippen molar-refractivity contribution in [3.63, 3.8) is 0 Å². The van der Waals surface area contributed by atoms with Crippen molar-refractivity contribution in [1.29, 1.82) is 0 Å². The van der Waals surface area contributed by atoms with Crippen LogP contribution in [0.1, 0.15) is 24.5 Å². The Morgan fingerprint density at radius 2 is 2.18 bits per heavy atom. The molecule has 1 aliphatic rings. The second-order valence-corrected chi connectivity index (χ2v) is 5.93. The molecule has 1 fully saturated rings. The molecule has 1 aromatic rings. The van der Waals surface area contributed by atoms with Gasteiger partial charge in [-0.3, -0.25) is 4.79 Å². The SMILES string of the molecule is Cc1cccc(C)c1OCC(C)NC(=O)CC1COCCN1. The van der Waals surface area contributed by atoms with Crippen molar-refractivity contribution in [2.45, 2.75) is 39.3 Å². The monoisotopic (exact) mass is 306 g/mol. The number of benzene rings is 1. The highest BCUT2D eigenvalue weighted by atomic mass is 16.5. The molecule has 0 aliphatic carbocycles. The van der Waals surface area contributed by atoms with Gasteiger partial charge in [0.25, 0.3) is 0 Å². The molecule has 1 amide bonds. The zero-order valence-electron chi connectivity index (χ0n) is 13.6. The number of amides is 1. The van der Waals surface area contributed by atoms with E-state index in [9.17, 15) is 4.79 Å². The lowest BCUT2D eigenvalue weighted by Gasteiger charge is -2.24. The normalized spacial score (nSPS) is 19.5. The molecule has 5 heteroatoms. The van der Waals surface area contributed by atoms with Gasteiger partial charge in [-0.05, 0) is 31.9 Å². The number of morpholine rings is 1. The molecule has 0 radical (unpaired) electrons. The van der Waals surface area contributed by atoms with Gasteiger partial charge in [0, 0.05) is 19.0 Å². The molecule has 1 aromatic carbocycles. The van der Waals surface area contributed by atoms with Crippen molar-refractivity contribution < 1.29 is 14.3 Å². The van der Waals surface area contributed by atoms with Crippen molar-refractivity contribution in [1.82, 2.24) is 10.6 Å². The molecule has 1 heterocycles. The highest BCUT2D eigenvalue weighted by Gasteiger charge is 2.18. The second-order valence-electron chi connectivity index (χ2n) is 5.93. The van der Waals surface area contributed by atoms with E-state index in [1.165, 1.54) is 0 Å². The lowest BCUT2D eigenvalue weighted by molar-refractivity contribution is -0.123. The van der Waals surface area contributed by atoms with Gasteiger partial charge in [0.15, 0.2) is 0 Å². The lowest BCUT2D eigenvalue weighted by atomic mass is 10.1. The molecule has 22 heavy (non-hydrogen) atoms. The summed E-state index contributed by atoms with van der Waals surface area (Å²) in [6.45, 7) is 8.60. The predicted octanol–water partition coefficient (Wildman–Crippen LogP) is 1.57. The molecule has 0 saturated carbocycles. The van der Waals surface area contributed by atoms with E-state index < -0.39 is 0 Å². The summed E-state index contributed by atoms with van der Waals surface area (Å²) in [7, 11) is 0. The minimum atomic E-state index is -0.0315. The van der Waals surface area contributed by atoms with Gasteiger partial charge in [-0.15, -0.1) is 0 Å². The first-order valence-corrected chi connectivity index (χ1v) is 7.85. The minimum absolute atomic E-state index is 0.0283. The fourth-order valence-corrected chi connectivity index (χ4v) is 2.59. The maximum atomic E-state index is 12.0. The first-order valence-electron chi connectivity index (χ1n) is 7.85. The van der Waals surface area contributed by atoms with Crippen LogP contribution in [0.2, 0.25) is 0 Å². The Morgan fingerprint density at radius 3 is 2.82 bits per heavy atom.